The second kappa shape index (κ2) is 3.48. The summed E-state index contributed by atoms with van der Waals surface area (Å²) in [5, 5.41) is 11.8. The number of sulfone groups is 1. The molecule has 0 radical (unpaired) electrons. The molecule has 0 bridgehead atoms. The molecule has 14 heavy (non-hydrogen) atoms. The molecule has 1 rings (SSSR count). The molecule has 0 saturated heterocycles. The molecule has 76 valence electrons. The third kappa shape index (κ3) is 1.66. The van der Waals surface area contributed by atoms with Gasteiger partial charge in [-0.1, -0.05) is 0 Å². The minimum atomic E-state index is -3.39. The lowest BCUT2D eigenvalue weighted by Gasteiger charge is -2.00. The number of rotatable bonds is 2. The predicted octanol–water partition coefficient (Wildman–Crippen LogP) is 0.647. The first-order valence-corrected chi connectivity index (χ1v) is 6.32. The van der Waals surface area contributed by atoms with E-state index in [0.29, 0.717) is 5.00 Å². The number of nitrogens with two attached hydrogens (primary N) is 1. The van der Waals surface area contributed by atoms with Gasteiger partial charge in [0, 0.05) is 13.3 Å². The topological polar surface area (TPSA) is 96.0 Å². The highest BCUT2D eigenvalue weighted by molar-refractivity contribution is 7.91. The molecule has 7 heteroatoms. The summed E-state index contributed by atoms with van der Waals surface area (Å²) in [4.78, 5) is 0.233. The van der Waals surface area contributed by atoms with Crippen LogP contribution in [0, 0.1) is 11.3 Å². The monoisotopic (exact) mass is 231 g/mol. The molecule has 1 aromatic rings. The van der Waals surface area contributed by atoms with Crippen molar-refractivity contribution >= 4 is 31.9 Å². The van der Waals surface area contributed by atoms with Gasteiger partial charge in [0.05, 0.1) is 5.69 Å². The molecule has 1 aromatic heterocycles. The number of hydrogen-bond donors (Lipinski definition) is 2. The molecule has 0 aliphatic rings. The Kier molecular flexibility index (Phi) is 2.69. The molecule has 0 amide bonds. The minimum absolute atomic E-state index is 0.0153. The highest BCUT2D eigenvalue weighted by Gasteiger charge is 2.22. The van der Waals surface area contributed by atoms with Gasteiger partial charge in [-0.15, -0.1) is 11.3 Å². The number of thiophene rings is 1. The second-order valence-electron chi connectivity index (χ2n) is 2.64. The van der Waals surface area contributed by atoms with E-state index in [4.69, 9.17) is 11.0 Å². The molecule has 0 aliphatic carbocycles. The molecule has 0 spiro atoms. The van der Waals surface area contributed by atoms with E-state index in [0.717, 1.165) is 17.6 Å². The number of hydrogen-bond acceptors (Lipinski definition) is 6. The number of nitriles is 1. The molecule has 0 aliphatic heterocycles. The van der Waals surface area contributed by atoms with Crippen molar-refractivity contribution in [3.8, 4) is 6.07 Å². The molecule has 0 aromatic carbocycles. The van der Waals surface area contributed by atoms with Crippen LogP contribution in [0.15, 0.2) is 4.90 Å². The molecule has 0 saturated carbocycles. The van der Waals surface area contributed by atoms with E-state index in [9.17, 15) is 8.42 Å². The maximum Gasteiger partial charge on any atom is 0.180 e. The SMILES string of the molecule is CNc1sc(C#N)c(N)c1S(C)(=O)=O. The van der Waals surface area contributed by atoms with Gasteiger partial charge in [-0.3, -0.25) is 0 Å². The zero-order valence-corrected chi connectivity index (χ0v) is 9.29. The number of nitrogens with one attached hydrogen (secondary N) is 1. The summed E-state index contributed by atoms with van der Waals surface area (Å²) in [7, 11) is -1.81. The third-order valence-corrected chi connectivity index (χ3v) is 4.02. The van der Waals surface area contributed by atoms with Crippen LogP contribution in [0.3, 0.4) is 0 Å². The summed E-state index contributed by atoms with van der Waals surface area (Å²) in [6.07, 6.45) is 1.06. The van der Waals surface area contributed by atoms with Gasteiger partial charge in [0.15, 0.2) is 9.84 Å². The van der Waals surface area contributed by atoms with Crippen molar-refractivity contribution in [3.05, 3.63) is 4.88 Å². The van der Waals surface area contributed by atoms with Gasteiger partial charge in [-0.05, 0) is 0 Å². The average Bonchev–Trinajstić information content (AvgIpc) is 2.40. The van der Waals surface area contributed by atoms with Crippen molar-refractivity contribution in [1.82, 2.24) is 0 Å². The normalized spacial score (nSPS) is 10.9. The van der Waals surface area contributed by atoms with Crippen LogP contribution in [-0.2, 0) is 9.84 Å². The van der Waals surface area contributed by atoms with Gasteiger partial charge >= 0.3 is 0 Å². The third-order valence-electron chi connectivity index (χ3n) is 1.60. The Balaban J connectivity index is 3.58. The average molecular weight is 231 g/mol. The van der Waals surface area contributed by atoms with Crippen LogP contribution in [0.25, 0.3) is 0 Å². The van der Waals surface area contributed by atoms with Crippen LogP contribution in [0.5, 0.6) is 0 Å². The van der Waals surface area contributed by atoms with Crippen molar-refractivity contribution in [2.45, 2.75) is 4.90 Å². The van der Waals surface area contributed by atoms with E-state index in [-0.39, 0.29) is 15.5 Å². The van der Waals surface area contributed by atoms with E-state index in [1.54, 1.807) is 7.05 Å². The zero-order chi connectivity index (χ0) is 10.9. The van der Waals surface area contributed by atoms with Crippen molar-refractivity contribution in [2.75, 3.05) is 24.4 Å². The molecule has 0 unspecified atom stereocenters. The summed E-state index contributed by atoms with van der Waals surface area (Å²) in [5.41, 5.74) is 5.58. The van der Waals surface area contributed by atoms with Crippen molar-refractivity contribution in [1.29, 1.82) is 5.26 Å². The Morgan fingerprint density at radius 3 is 2.43 bits per heavy atom. The van der Waals surface area contributed by atoms with Crippen LogP contribution < -0.4 is 11.1 Å². The van der Waals surface area contributed by atoms with E-state index >= 15 is 0 Å². The van der Waals surface area contributed by atoms with Gasteiger partial charge in [-0.2, -0.15) is 5.26 Å². The predicted molar refractivity (Wildman–Crippen MR) is 56.1 cm³/mol. The first kappa shape index (κ1) is 10.8. The van der Waals surface area contributed by atoms with E-state index < -0.39 is 9.84 Å². The summed E-state index contributed by atoms with van der Waals surface area (Å²) in [6.45, 7) is 0. The highest BCUT2D eigenvalue weighted by Crippen LogP contribution is 2.38. The highest BCUT2D eigenvalue weighted by atomic mass is 32.2. The maximum atomic E-state index is 11.3. The van der Waals surface area contributed by atoms with Gasteiger partial charge in [0.1, 0.15) is 20.8 Å². The molecule has 1 heterocycles. The van der Waals surface area contributed by atoms with Gasteiger partial charge in [-0.25, -0.2) is 8.42 Å². The van der Waals surface area contributed by atoms with Gasteiger partial charge < -0.3 is 11.1 Å². The van der Waals surface area contributed by atoms with E-state index in [1.807, 2.05) is 6.07 Å². The lowest BCUT2D eigenvalue weighted by atomic mass is 10.4. The first-order valence-electron chi connectivity index (χ1n) is 3.62. The Labute approximate surface area is 86.1 Å². The van der Waals surface area contributed by atoms with Crippen LogP contribution in [0.1, 0.15) is 4.88 Å². The fourth-order valence-corrected chi connectivity index (χ4v) is 3.40. The van der Waals surface area contributed by atoms with Crippen LogP contribution >= 0.6 is 11.3 Å². The lowest BCUT2D eigenvalue weighted by Crippen LogP contribution is -2.03. The van der Waals surface area contributed by atoms with Crippen molar-refractivity contribution in [2.24, 2.45) is 0 Å². The summed E-state index contributed by atoms with van der Waals surface area (Å²) < 4.78 is 22.7. The molecule has 0 atom stereocenters. The Bertz CT molecular complexity index is 496. The fourth-order valence-electron chi connectivity index (χ4n) is 1.04. The quantitative estimate of drug-likeness (QED) is 0.779. The standard InChI is InChI=1S/C7H9N3O2S2/c1-10-7-6(14(2,11)12)5(9)4(3-8)13-7/h10H,9H2,1-2H3. The summed E-state index contributed by atoms with van der Waals surface area (Å²) in [6, 6.07) is 1.85. The maximum absolute atomic E-state index is 11.3. The minimum Gasteiger partial charge on any atom is -0.396 e. The number of nitrogen functional groups attached to an aromatic ring is 1. The number of anilines is 2. The largest absolute Gasteiger partial charge is 0.396 e. The van der Waals surface area contributed by atoms with E-state index in [2.05, 4.69) is 5.32 Å². The molecular weight excluding hydrogens is 222 g/mol. The molecule has 0 fully saturated rings. The smallest absolute Gasteiger partial charge is 0.180 e. The molecular formula is C7H9N3O2S2. The second-order valence-corrected chi connectivity index (χ2v) is 5.61. The number of nitrogens with zero attached hydrogens (tertiary/aromatic N) is 1. The van der Waals surface area contributed by atoms with Crippen LogP contribution in [0.2, 0.25) is 0 Å². The van der Waals surface area contributed by atoms with Crippen molar-refractivity contribution < 1.29 is 8.42 Å². The van der Waals surface area contributed by atoms with E-state index in [1.165, 1.54) is 0 Å². The van der Waals surface area contributed by atoms with Crippen molar-refractivity contribution in [3.63, 3.8) is 0 Å². The van der Waals surface area contributed by atoms with Gasteiger partial charge in [0.25, 0.3) is 0 Å². The Morgan fingerprint density at radius 2 is 2.14 bits per heavy atom. The summed E-state index contributed by atoms with van der Waals surface area (Å²) in [5.74, 6) is 0. The van der Waals surface area contributed by atoms with Crippen LogP contribution in [0.4, 0.5) is 10.7 Å². The Hall–Kier alpha value is -1.26. The molecule has 5 nitrogen and oxygen atoms in total. The lowest BCUT2D eigenvalue weighted by molar-refractivity contribution is 0.603. The summed E-state index contributed by atoms with van der Waals surface area (Å²) >= 11 is 1.04. The molecule has 3 N–H and O–H groups in total. The van der Waals surface area contributed by atoms with Crippen LogP contribution in [-0.4, -0.2) is 21.7 Å². The fraction of sp³-hybridized carbons (Fsp3) is 0.286. The first-order chi connectivity index (χ1) is 6.41. The Morgan fingerprint density at radius 1 is 1.57 bits per heavy atom. The van der Waals surface area contributed by atoms with Gasteiger partial charge in [0.2, 0.25) is 0 Å². The zero-order valence-electron chi connectivity index (χ0n) is 7.66.